The van der Waals surface area contributed by atoms with E-state index in [9.17, 15) is 32.3 Å². The Morgan fingerprint density at radius 1 is 1.00 bits per heavy atom. The predicted octanol–water partition coefficient (Wildman–Crippen LogP) is 5.16. The molecule has 3 aromatic rings. The molecule has 4 atom stereocenters. The number of nitrogens with zero attached hydrogens (tertiary/aromatic N) is 2. The molecule has 0 saturated carbocycles. The minimum atomic E-state index is -4.54. The molecular weight excluding hydrogens is 575 g/mol. The number of amides is 3. The summed E-state index contributed by atoms with van der Waals surface area (Å²) < 4.78 is 45.0. The van der Waals surface area contributed by atoms with E-state index in [-0.39, 0.29) is 31.6 Å². The van der Waals surface area contributed by atoms with Crippen LogP contribution in [-0.2, 0) is 31.8 Å². The first kappa shape index (κ1) is 30.5. The van der Waals surface area contributed by atoms with E-state index in [0.717, 1.165) is 23.3 Å². The van der Waals surface area contributed by atoms with Crippen LogP contribution in [0.25, 0.3) is 6.08 Å². The molecule has 5 rings (SSSR count). The van der Waals surface area contributed by atoms with Gasteiger partial charge in [-0.25, -0.2) is 4.79 Å². The maximum absolute atomic E-state index is 13.9. The first-order valence-electron chi connectivity index (χ1n) is 14.1. The van der Waals surface area contributed by atoms with Gasteiger partial charge in [0.15, 0.2) is 0 Å². The summed E-state index contributed by atoms with van der Waals surface area (Å²) in [6, 6.07) is 19.6. The number of cyclic esters (lactones) is 1. The zero-order chi connectivity index (χ0) is 31.3. The van der Waals surface area contributed by atoms with Crippen molar-refractivity contribution in [3.05, 3.63) is 113 Å². The maximum atomic E-state index is 13.9. The van der Waals surface area contributed by atoms with Crippen molar-refractivity contribution in [1.29, 1.82) is 0 Å². The maximum Gasteiger partial charge on any atom is 0.416 e. The fourth-order valence-electron chi connectivity index (χ4n) is 5.59. The number of likely N-dealkylation sites (tertiary alicyclic amines) is 1. The lowest BCUT2D eigenvalue weighted by Crippen LogP contribution is -2.74. The monoisotopic (exact) mass is 605 g/mol. The molecule has 8 nitrogen and oxygen atoms in total. The van der Waals surface area contributed by atoms with Crippen molar-refractivity contribution in [2.24, 2.45) is 0 Å². The van der Waals surface area contributed by atoms with Crippen LogP contribution in [0.1, 0.15) is 41.1 Å². The highest BCUT2D eigenvalue weighted by atomic mass is 19.4. The van der Waals surface area contributed by atoms with Crippen LogP contribution in [0.2, 0.25) is 0 Å². The van der Waals surface area contributed by atoms with Gasteiger partial charge in [-0.2, -0.15) is 13.2 Å². The Kier molecular flexibility index (Phi) is 9.12. The van der Waals surface area contributed by atoms with E-state index in [1.165, 1.54) is 21.9 Å². The number of benzene rings is 3. The number of hydrogen-bond acceptors (Lipinski definition) is 5. The van der Waals surface area contributed by atoms with Crippen LogP contribution in [0.3, 0.4) is 0 Å². The lowest BCUT2D eigenvalue weighted by molar-refractivity contribution is -0.163. The van der Waals surface area contributed by atoms with Gasteiger partial charge in [0, 0.05) is 13.0 Å². The van der Waals surface area contributed by atoms with Crippen LogP contribution in [0.5, 0.6) is 0 Å². The van der Waals surface area contributed by atoms with E-state index in [1.54, 1.807) is 12.2 Å². The molecule has 4 unspecified atom stereocenters. The summed E-state index contributed by atoms with van der Waals surface area (Å²) in [5.41, 5.74) is 0.986. The second-order valence-corrected chi connectivity index (χ2v) is 10.5. The number of aldehydes is 1. The molecule has 0 bridgehead atoms. The second-order valence-electron chi connectivity index (χ2n) is 10.5. The predicted molar refractivity (Wildman–Crippen MR) is 155 cm³/mol. The molecule has 228 valence electrons. The Morgan fingerprint density at radius 3 is 2.39 bits per heavy atom. The van der Waals surface area contributed by atoms with E-state index in [2.05, 4.69) is 5.32 Å². The van der Waals surface area contributed by atoms with Gasteiger partial charge >= 0.3 is 12.3 Å². The van der Waals surface area contributed by atoms with E-state index >= 15 is 0 Å². The Balaban J connectivity index is 1.43. The SMILES string of the molecule is O=CCCC(C(=O)NCc1cccc(C(F)(F)F)c1)N1C(=O)C(N2C(=O)OCC2c2ccccc2)C1/C=C/c1ccccc1. The number of alkyl halides is 3. The third kappa shape index (κ3) is 6.51. The van der Waals surface area contributed by atoms with Crippen LogP contribution < -0.4 is 5.32 Å². The number of β-lactam (4-membered cyclic amide) rings is 1. The Morgan fingerprint density at radius 2 is 1.70 bits per heavy atom. The van der Waals surface area contributed by atoms with Crippen LogP contribution in [-0.4, -0.2) is 58.7 Å². The lowest BCUT2D eigenvalue weighted by atomic mass is 9.87. The molecule has 0 spiro atoms. The third-order valence-corrected chi connectivity index (χ3v) is 7.75. The Labute approximate surface area is 252 Å². The summed E-state index contributed by atoms with van der Waals surface area (Å²) >= 11 is 0. The fraction of sp³-hybridized carbons (Fsp3) is 0.273. The molecule has 0 aliphatic carbocycles. The molecule has 0 aromatic heterocycles. The number of carbonyl (C=O) groups excluding carboxylic acids is 4. The summed E-state index contributed by atoms with van der Waals surface area (Å²) in [6.07, 6.45) is -1.10. The lowest BCUT2D eigenvalue weighted by Gasteiger charge is -2.52. The van der Waals surface area contributed by atoms with Crippen LogP contribution in [0, 0.1) is 0 Å². The van der Waals surface area contributed by atoms with Gasteiger partial charge in [-0.1, -0.05) is 84.9 Å². The van der Waals surface area contributed by atoms with E-state index in [1.807, 2.05) is 60.7 Å². The average Bonchev–Trinajstić information content (AvgIpc) is 3.40. The largest absolute Gasteiger partial charge is 0.447 e. The summed E-state index contributed by atoms with van der Waals surface area (Å²) in [6.45, 7) is -0.168. The van der Waals surface area contributed by atoms with Gasteiger partial charge < -0.3 is 19.7 Å². The number of carbonyl (C=O) groups is 4. The molecule has 44 heavy (non-hydrogen) atoms. The van der Waals surface area contributed by atoms with Crippen molar-refractivity contribution in [3.8, 4) is 0 Å². The van der Waals surface area contributed by atoms with Gasteiger partial charge in [0.1, 0.15) is 25.0 Å². The van der Waals surface area contributed by atoms with Crippen molar-refractivity contribution in [3.63, 3.8) is 0 Å². The number of halogens is 3. The molecular formula is C33H30F3N3O5. The molecule has 3 amide bonds. The molecule has 1 N–H and O–H groups in total. The van der Waals surface area contributed by atoms with Gasteiger partial charge in [0.05, 0.1) is 17.6 Å². The highest BCUT2D eigenvalue weighted by molar-refractivity contribution is 5.98. The van der Waals surface area contributed by atoms with Crippen molar-refractivity contribution in [2.75, 3.05) is 6.61 Å². The molecule has 0 radical (unpaired) electrons. The summed E-state index contributed by atoms with van der Waals surface area (Å²) in [5, 5.41) is 2.63. The first-order valence-corrected chi connectivity index (χ1v) is 14.1. The highest BCUT2D eigenvalue weighted by Crippen LogP contribution is 2.39. The van der Waals surface area contributed by atoms with Crippen molar-refractivity contribution >= 4 is 30.3 Å². The Bertz CT molecular complexity index is 1530. The highest BCUT2D eigenvalue weighted by Gasteiger charge is 2.57. The van der Waals surface area contributed by atoms with Gasteiger partial charge in [-0.05, 0) is 35.2 Å². The fourth-order valence-corrected chi connectivity index (χ4v) is 5.59. The topological polar surface area (TPSA) is 96.0 Å². The minimum Gasteiger partial charge on any atom is -0.447 e. The smallest absolute Gasteiger partial charge is 0.416 e. The van der Waals surface area contributed by atoms with E-state index < -0.39 is 53.8 Å². The van der Waals surface area contributed by atoms with Gasteiger partial charge in [-0.15, -0.1) is 0 Å². The molecule has 2 aliphatic rings. The van der Waals surface area contributed by atoms with E-state index in [0.29, 0.717) is 6.29 Å². The molecule has 2 saturated heterocycles. The zero-order valence-electron chi connectivity index (χ0n) is 23.5. The quantitative estimate of drug-likeness (QED) is 0.241. The third-order valence-electron chi connectivity index (χ3n) is 7.75. The average molecular weight is 606 g/mol. The van der Waals surface area contributed by atoms with Gasteiger partial charge in [-0.3, -0.25) is 14.5 Å². The number of nitrogens with one attached hydrogen (secondary N) is 1. The van der Waals surface area contributed by atoms with Crippen molar-refractivity contribution < 1.29 is 37.1 Å². The first-order chi connectivity index (χ1) is 21.2. The van der Waals surface area contributed by atoms with Crippen LogP contribution in [0.15, 0.2) is 91.0 Å². The second kappa shape index (κ2) is 13.2. The van der Waals surface area contributed by atoms with E-state index in [4.69, 9.17) is 4.74 Å². The van der Waals surface area contributed by atoms with Gasteiger partial charge in [0.2, 0.25) is 11.8 Å². The summed E-state index contributed by atoms with van der Waals surface area (Å²) in [4.78, 5) is 54.5. The standard InChI is InChI=1S/C33H30F3N3O5/c34-33(35,36)25-14-7-11-23(19-25)20-37-30(41)27(15-8-18-40)38-26(17-16-22-9-3-1-4-10-22)29(31(38)42)39-28(21-44-32(39)43)24-12-5-2-6-13-24/h1-7,9-14,16-19,26-29H,8,15,20-21H2,(H,37,41)/b17-16+. The number of rotatable bonds is 11. The summed E-state index contributed by atoms with van der Waals surface area (Å²) in [7, 11) is 0. The molecule has 11 heteroatoms. The number of ether oxygens (including phenoxy) is 1. The van der Waals surface area contributed by atoms with Crippen LogP contribution in [0.4, 0.5) is 18.0 Å². The van der Waals surface area contributed by atoms with Crippen LogP contribution >= 0.6 is 0 Å². The van der Waals surface area contributed by atoms with Gasteiger partial charge in [0.25, 0.3) is 0 Å². The normalized spacial score (nSPS) is 20.8. The minimum absolute atomic E-state index is 0.0153. The molecule has 3 aromatic carbocycles. The molecule has 2 fully saturated rings. The molecule has 2 aliphatic heterocycles. The summed E-state index contributed by atoms with van der Waals surface area (Å²) in [5.74, 6) is -1.13. The Hall–Kier alpha value is -4.93. The van der Waals surface area contributed by atoms with Crippen molar-refractivity contribution in [2.45, 2.75) is 49.7 Å². The zero-order valence-corrected chi connectivity index (χ0v) is 23.5. The molecule has 2 heterocycles. The van der Waals surface area contributed by atoms with Crippen molar-refractivity contribution in [1.82, 2.24) is 15.1 Å². The number of hydrogen-bond donors (Lipinski definition) is 1.